The highest BCUT2D eigenvalue weighted by Crippen LogP contribution is 2.31. The number of para-hydroxylation sites is 1. The van der Waals surface area contributed by atoms with E-state index in [9.17, 15) is 8.42 Å². The number of aromatic nitrogens is 3. The van der Waals surface area contributed by atoms with Gasteiger partial charge in [0, 0.05) is 24.0 Å². The number of rotatable bonds is 4. The number of nitrogens with one attached hydrogen (secondary N) is 1. The zero-order valence-corrected chi connectivity index (χ0v) is 16.2. The van der Waals surface area contributed by atoms with E-state index in [1.54, 1.807) is 38.2 Å². The van der Waals surface area contributed by atoms with Gasteiger partial charge in [-0.1, -0.05) is 12.1 Å². The fraction of sp³-hybridized carbons (Fsp3) is 0.200. The number of hydrogen-bond donors (Lipinski definition) is 1. The maximum absolute atomic E-state index is 12.6. The van der Waals surface area contributed by atoms with E-state index in [1.807, 2.05) is 42.1 Å². The van der Waals surface area contributed by atoms with Gasteiger partial charge in [0.15, 0.2) is 15.7 Å². The van der Waals surface area contributed by atoms with Crippen LogP contribution in [0.4, 0.5) is 11.5 Å². The minimum atomic E-state index is -3.36. The van der Waals surface area contributed by atoms with E-state index in [0.29, 0.717) is 4.90 Å². The molecular formula is C20H20N4O2S. The number of hydrogen-bond acceptors (Lipinski definition) is 5. The zero-order valence-electron chi connectivity index (χ0n) is 15.3. The number of fused-ring (bicyclic) bond motifs is 2. The molecule has 0 amide bonds. The van der Waals surface area contributed by atoms with Gasteiger partial charge in [-0.3, -0.25) is 9.67 Å². The average Bonchev–Trinajstić information content (AvgIpc) is 2.97. The van der Waals surface area contributed by atoms with Crippen molar-refractivity contribution in [2.75, 3.05) is 5.32 Å². The summed E-state index contributed by atoms with van der Waals surface area (Å²) in [7, 11) is -1.47. The topological polar surface area (TPSA) is 76.9 Å². The molecule has 0 atom stereocenters. The predicted molar refractivity (Wildman–Crippen MR) is 108 cm³/mol. The molecule has 0 saturated heterocycles. The lowest BCUT2D eigenvalue weighted by Gasteiger charge is -2.11. The van der Waals surface area contributed by atoms with Crippen molar-refractivity contribution < 1.29 is 8.42 Å². The van der Waals surface area contributed by atoms with Gasteiger partial charge in [0.1, 0.15) is 0 Å². The molecule has 2 aromatic heterocycles. The maximum atomic E-state index is 12.6. The summed E-state index contributed by atoms with van der Waals surface area (Å²) in [4.78, 5) is 4.66. The first kappa shape index (κ1) is 17.5. The molecule has 0 aliphatic carbocycles. The second-order valence-electron chi connectivity index (χ2n) is 6.75. The third-order valence-corrected chi connectivity index (χ3v) is 6.83. The van der Waals surface area contributed by atoms with Gasteiger partial charge in [-0.05, 0) is 50.2 Å². The molecule has 2 aromatic carbocycles. The molecule has 0 unspecified atom stereocenters. The second-order valence-corrected chi connectivity index (χ2v) is 9.25. The van der Waals surface area contributed by atoms with Crippen LogP contribution in [0.5, 0.6) is 0 Å². The summed E-state index contributed by atoms with van der Waals surface area (Å²) in [5, 5.41) is 9.17. The Hall–Kier alpha value is -2.93. The third kappa shape index (κ3) is 2.94. The average molecular weight is 380 g/mol. The molecule has 0 spiro atoms. The quantitative estimate of drug-likeness (QED) is 0.578. The Kier molecular flexibility index (Phi) is 4.11. The van der Waals surface area contributed by atoms with Gasteiger partial charge in [-0.15, -0.1) is 0 Å². The SMILES string of the molecule is CC(C)S(=O)(=O)c1ccc2nccc(Nc3nn(C)c4ccccc34)c2c1. The number of pyridine rings is 1. The standard InChI is InChI=1S/C20H20N4O2S/c1-13(2)27(25,26)14-8-9-17-16(12-14)18(10-11-21-17)22-20-15-6-4-5-7-19(15)24(3)23-20/h4-13H,1-3H3,(H,21,22,23). The number of anilines is 2. The minimum absolute atomic E-state index is 0.298. The van der Waals surface area contributed by atoms with Crippen LogP contribution in [-0.2, 0) is 16.9 Å². The van der Waals surface area contributed by atoms with Crippen LogP contribution in [0.15, 0.2) is 59.6 Å². The first-order valence-corrected chi connectivity index (χ1v) is 10.2. The molecule has 0 aliphatic rings. The molecule has 1 N–H and O–H groups in total. The van der Waals surface area contributed by atoms with Gasteiger partial charge >= 0.3 is 0 Å². The van der Waals surface area contributed by atoms with Gasteiger partial charge in [0.25, 0.3) is 0 Å². The lowest BCUT2D eigenvalue weighted by molar-refractivity contribution is 0.587. The van der Waals surface area contributed by atoms with Crippen molar-refractivity contribution in [3.05, 3.63) is 54.7 Å². The fourth-order valence-electron chi connectivity index (χ4n) is 3.12. The summed E-state index contributed by atoms with van der Waals surface area (Å²) in [5.41, 5.74) is 2.51. The lowest BCUT2D eigenvalue weighted by atomic mass is 10.2. The highest BCUT2D eigenvalue weighted by Gasteiger charge is 2.20. The Morgan fingerprint density at radius 2 is 1.81 bits per heavy atom. The van der Waals surface area contributed by atoms with Gasteiger partial charge in [0.05, 0.1) is 26.9 Å². The first-order chi connectivity index (χ1) is 12.9. The van der Waals surface area contributed by atoms with E-state index in [4.69, 9.17) is 0 Å². The van der Waals surface area contributed by atoms with Crippen LogP contribution in [0.1, 0.15) is 13.8 Å². The van der Waals surface area contributed by atoms with Crippen LogP contribution < -0.4 is 5.32 Å². The van der Waals surface area contributed by atoms with E-state index < -0.39 is 15.1 Å². The van der Waals surface area contributed by atoms with Crippen molar-refractivity contribution in [1.29, 1.82) is 0 Å². The third-order valence-electron chi connectivity index (χ3n) is 4.67. The minimum Gasteiger partial charge on any atom is -0.338 e. The predicted octanol–water partition coefficient (Wildman–Crippen LogP) is 4.05. The molecule has 7 heteroatoms. The van der Waals surface area contributed by atoms with Crippen LogP contribution >= 0.6 is 0 Å². The normalized spacial score (nSPS) is 12.1. The molecule has 138 valence electrons. The monoisotopic (exact) mass is 380 g/mol. The summed E-state index contributed by atoms with van der Waals surface area (Å²) in [6.45, 7) is 3.37. The molecule has 0 bridgehead atoms. The van der Waals surface area contributed by atoms with E-state index >= 15 is 0 Å². The summed E-state index contributed by atoms with van der Waals surface area (Å²) < 4.78 is 26.9. The smallest absolute Gasteiger partial charge is 0.180 e. The largest absolute Gasteiger partial charge is 0.338 e. The van der Waals surface area contributed by atoms with Crippen molar-refractivity contribution in [1.82, 2.24) is 14.8 Å². The van der Waals surface area contributed by atoms with Gasteiger partial charge in [-0.2, -0.15) is 5.10 Å². The Labute approximate surface area is 157 Å². The van der Waals surface area contributed by atoms with E-state index in [-0.39, 0.29) is 0 Å². The second kappa shape index (κ2) is 6.35. The van der Waals surface area contributed by atoms with Crippen molar-refractivity contribution in [2.24, 2.45) is 7.05 Å². The van der Waals surface area contributed by atoms with Crippen molar-refractivity contribution in [3.63, 3.8) is 0 Å². The lowest BCUT2D eigenvalue weighted by Crippen LogP contribution is -2.13. The molecule has 6 nitrogen and oxygen atoms in total. The fourth-order valence-corrected chi connectivity index (χ4v) is 4.20. The molecular weight excluding hydrogens is 360 g/mol. The first-order valence-electron chi connectivity index (χ1n) is 8.69. The molecule has 0 fully saturated rings. The number of nitrogens with zero attached hydrogens (tertiary/aromatic N) is 3. The van der Waals surface area contributed by atoms with E-state index in [2.05, 4.69) is 15.4 Å². The van der Waals surface area contributed by atoms with Gasteiger partial charge in [0.2, 0.25) is 0 Å². The summed E-state index contributed by atoms with van der Waals surface area (Å²) in [6.07, 6.45) is 1.70. The summed E-state index contributed by atoms with van der Waals surface area (Å²) >= 11 is 0. The highest BCUT2D eigenvalue weighted by atomic mass is 32.2. The molecule has 0 radical (unpaired) electrons. The molecule has 0 saturated carbocycles. The van der Waals surface area contributed by atoms with Crippen LogP contribution in [0.25, 0.3) is 21.8 Å². The summed E-state index contributed by atoms with van der Waals surface area (Å²) in [6, 6.07) is 14.8. The summed E-state index contributed by atoms with van der Waals surface area (Å²) in [5.74, 6) is 0.720. The number of benzene rings is 2. The van der Waals surface area contributed by atoms with Crippen LogP contribution in [-0.4, -0.2) is 28.4 Å². The van der Waals surface area contributed by atoms with E-state index in [0.717, 1.165) is 33.3 Å². The van der Waals surface area contributed by atoms with E-state index in [1.165, 1.54) is 0 Å². The molecule has 2 heterocycles. The molecule has 4 rings (SSSR count). The molecule has 0 aliphatic heterocycles. The molecule has 27 heavy (non-hydrogen) atoms. The molecule has 4 aromatic rings. The van der Waals surface area contributed by atoms with Crippen LogP contribution in [0.2, 0.25) is 0 Å². The van der Waals surface area contributed by atoms with Crippen LogP contribution in [0, 0.1) is 0 Å². The van der Waals surface area contributed by atoms with Gasteiger partial charge in [-0.25, -0.2) is 8.42 Å². The van der Waals surface area contributed by atoms with Crippen molar-refractivity contribution in [3.8, 4) is 0 Å². The maximum Gasteiger partial charge on any atom is 0.180 e. The van der Waals surface area contributed by atoms with Crippen molar-refractivity contribution >= 4 is 43.1 Å². The Morgan fingerprint density at radius 1 is 1.04 bits per heavy atom. The van der Waals surface area contributed by atoms with Crippen LogP contribution in [0.3, 0.4) is 0 Å². The highest BCUT2D eigenvalue weighted by molar-refractivity contribution is 7.92. The Morgan fingerprint density at radius 3 is 2.59 bits per heavy atom. The zero-order chi connectivity index (χ0) is 19.2. The number of aryl methyl sites for hydroxylation is 1. The Balaban J connectivity index is 1.86. The van der Waals surface area contributed by atoms with Crippen molar-refractivity contribution in [2.45, 2.75) is 24.0 Å². The Bertz CT molecular complexity index is 1260. The number of sulfone groups is 1. The van der Waals surface area contributed by atoms with Gasteiger partial charge < -0.3 is 5.32 Å².